The molecule has 0 saturated heterocycles. The van der Waals surface area contributed by atoms with E-state index in [1.807, 2.05) is 31.2 Å². The normalized spacial score (nSPS) is 10.7. The van der Waals surface area contributed by atoms with Crippen molar-refractivity contribution in [3.63, 3.8) is 0 Å². The molecule has 1 N–H and O–H groups in total. The third kappa shape index (κ3) is 3.75. The number of nitrogens with one attached hydrogen (secondary N) is 1. The van der Waals surface area contributed by atoms with Gasteiger partial charge < -0.3 is 14.5 Å². The van der Waals surface area contributed by atoms with Crippen molar-refractivity contribution >= 4 is 22.6 Å². The van der Waals surface area contributed by atoms with Crippen molar-refractivity contribution in [1.29, 1.82) is 0 Å². The highest BCUT2D eigenvalue weighted by Crippen LogP contribution is 2.25. The Morgan fingerprint density at radius 1 is 0.966 bits per heavy atom. The van der Waals surface area contributed by atoms with E-state index in [9.17, 15) is 9.59 Å². The molecule has 4 aromatic rings. The van der Waals surface area contributed by atoms with E-state index in [0.29, 0.717) is 33.7 Å². The van der Waals surface area contributed by atoms with Crippen molar-refractivity contribution in [3.05, 3.63) is 94.1 Å². The standard InChI is InChI=1S/C24H19NO4/c1-15-7-12-21-18(13-15)20(26)14-23(29-21)16-8-10-17(11-9-16)24(27)25-19-5-3-4-6-22(19)28-2/h3-14H,1-2H3,(H,25,27). The fourth-order valence-corrected chi connectivity index (χ4v) is 3.14. The molecule has 0 fully saturated rings. The minimum atomic E-state index is -0.253. The lowest BCUT2D eigenvalue weighted by Gasteiger charge is -2.10. The summed E-state index contributed by atoms with van der Waals surface area (Å²) in [4.78, 5) is 25.0. The molecule has 5 nitrogen and oxygen atoms in total. The molecule has 1 aromatic heterocycles. The predicted octanol–water partition coefficient (Wildman–Crippen LogP) is 5.03. The van der Waals surface area contributed by atoms with Crippen molar-refractivity contribution in [3.8, 4) is 17.1 Å². The summed E-state index contributed by atoms with van der Waals surface area (Å²) in [6.07, 6.45) is 0. The van der Waals surface area contributed by atoms with Gasteiger partial charge in [-0.1, -0.05) is 35.9 Å². The van der Waals surface area contributed by atoms with Crippen molar-refractivity contribution < 1.29 is 13.9 Å². The van der Waals surface area contributed by atoms with E-state index in [-0.39, 0.29) is 11.3 Å². The number of aryl methyl sites for hydroxylation is 1. The number of para-hydroxylation sites is 2. The number of amides is 1. The van der Waals surface area contributed by atoms with Crippen LogP contribution in [0, 0.1) is 6.92 Å². The van der Waals surface area contributed by atoms with Crippen LogP contribution in [0.5, 0.6) is 5.75 Å². The second kappa shape index (κ2) is 7.64. The van der Waals surface area contributed by atoms with E-state index in [1.54, 1.807) is 49.6 Å². The third-order valence-corrected chi connectivity index (χ3v) is 4.67. The lowest BCUT2D eigenvalue weighted by Crippen LogP contribution is -2.12. The summed E-state index contributed by atoms with van der Waals surface area (Å²) in [7, 11) is 1.55. The maximum Gasteiger partial charge on any atom is 0.255 e. The Balaban J connectivity index is 1.61. The van der Waals surface area contributed by atoms with Crippen LogP contribution in [0.3, 0.4) is 0 Å². The monoisotopic (exact) mass is 385 g/mol. The van der Waals surface area contributed by atoms with E-state index in [1.165, 1.54) is 6.07 Å². The van der Waals surface area contributed by atoms with Gasteiger partial charge in [0.15, 0.2) is 5.43 Å². The molecule has 4 rings (SSSR count). The first-order chi connectivity index (χ1) is 14.0. The molecule has 0 aliphatic carbocycles. The molecule has 29 heavy (non-hydrogen) atoms. The van der Waals surface area contributed by atoms with E-state index in [4.69, 9.17) is 9.15 Å². The molecular formula is C24H19NO4. The molecule has 0 atom stereocenters. The van der Waals surface area contributed by atoms with E-state index in [2.05, 4.69) is 5.32 Å². The second-order valence-corrected chi connectivity index (χ2v) is 6.71. The SMILES string of the molecule is COc1ccccc1NC(=O)c1ccc(-c2cc(=O)c3cc(C)ccc3o2)cc1. The average molecular weight is 385 g/mol. The van der Waals surface area contributed by atoms with Gasteiger partial charge >= 0.3 is 0 Å². The summed E-state index contributed by atoms with van der Waals surface area (Å²) in [5.74, 6) is 0.796. The zero-order chi connectivity index (χ0) is 20.4. The van der Waals surface area contributed by atoms with Gasteiger partial charge in [0.2, 0.25) is 0 Å². The van der Waals surface area contributed by atoms with Crippen LogP contribution in [0.2, 0.25) is 0 Å². The Labute approximate surface area is 167 Å². The number of carbonyl (C=O) groups is 1. The molecule has 1 heterocycles. The molecule has 1 amide bonds. The van der Waals surface area contributed by atoms with Gasteiger partial charge in [-0.3, -0.25) is 9.59 Å². The van der Waals surface area contributed by atoms with Crippen molar-refractivity contribution in [2.45, 2.75) is 6.92 Å². The first-order valence-corrected chi connectivity index (χ1v) is 9.14. The predicted molar refractivity (Wildman–Crippen MR) is 114 cm³/mol. The Kier molecular flexibility index (Phi) is 4.87. The lowest BCUT2D eigenvalue weighted by molar-refractivity contribution is 0.102. The molecule has 0 radical (unpaired) electrons. The van der Waals surface area contributed by atoms with Crippen LogP contribution >= 0.6 is 0 Å². The van der Waals surface area contributed by atoms with Crippen LogP contribution in [0.4, 0.5) is 5.69 Å². The number of hydrogen-bond donors (Lipinski definition) is 1. The summed E-state index contributed by atoms with van der Waals surface area (Å²) in [6.45, 7) is 1.93. The Hall–Kier alpha value is -3.86. The number of fused-ring (bicyclic) bond motifs is 1. The summed E-state index contributed by atoms with van der Waals surface area (Å²) in [6, 6.07) is 21.1. The molecule has 0 unspecified atom stereocenters. The Morgan fingerprint density at radius 3 is 2.48 bits per heavy atom. The topological polar surface area (TPSA) is 68.5 Å². The van der Waals surface area contributed by atoms with Crippen LogP contribution in [-0.2, 0) is 0 Å². The van der Waals surface area contributed by atoms with Gasteiger partial charge in [0.1, 0.15) is 17.1 Å². The van der Waals surface area contributed by atoms with Crippen LogP contribution in [0.15, 0.2) is 82.0 Å². The number of carbonyl (C=O) groups excluding carboxylic acids is 1. The third-order valence-electron chi connectivity index (χ3n) is 4.67. The maximum atomic E-state index is 12.6. The van der Waals surface area contributed by atoms with E-state index < -0.39 is 0 Å². The van der Waals surface area contributed by atoms with Crippen LogP contribution in [0.25, 0.3) is 22.3 Å². The summed E-state index contributed by atoms with van der Waals surface area (Å²) < 4.78 is 11.1. The lowest BCUT2D eigenvalue weighted by atomic mass is 10.1. The van der Waals surface area contributed by atoms with Gasteiger partial charge in [0.05, 0.1) is 18.2 Å². The van der Waals surface area contributed by atoms with Crippen molar-refractivity contribution in [2.75, 3.05) is 12.4 Å². The summed E-state index contributed by atoms with van der Waals surface area (Å²) >= 11 is 0. The van der Waals surface area contributed by atoms with Gasteiger partial charge in [-0.25, -0.2) is 0 Å². The van der Waals surface area contributed by atoms with Crippen molar-refractivity contribution in [1.82, 2.24) is 0 Å². The average Bonchev–Trinajstić information content (AvgIpc) is 2.74. The minimum Gasteiger partial charge on any atom is -0.495 e. The molecular weight excluding hydrogens is 366 g/mol. The first kappa shape index (κ1) is 18.5. The van der Waals surface area contributed by atoms with Crippen LogP contribution in [-0.4, -0.2) is 13.0 Å². The van der Waals surface area contributed by atoms with Gasteiger partial charge in [0.25, 0.3) is 5.91 Å². The Bertz CT molecular complexity index is 1260. The summed E-state index contributed by atoms with van der Waals surface area (Å²) in [5, 5.41) is 3.40. The zero-order valence-corrected chi connectivity index (χ0v) is 16.1. The van der Waals surface area contributed by atoms with E-state index in [0.717, 1.165) is 11.1 Å². The molecule has 0 spiro atoms. The molecule has 144 valence electrons. The number of methoxy groups -OCH3 is 1. The molecule has 0 saturated carbocycles. The molecule has 0 aliphatic heterocycles. The number of ether oxygens (including phenoxy) is 1. The van der Waals surface area contributed by atoms with Gasteiger partial charge in [-0.05, 0) is 43.3 Å². The summed E-state index contributed by atoms with van der Waals surface area (Å²) in [5.41, 5.74) is 3.25. The van der Waals surface area contributed by atoms with Gasteiger partial charge in [-0.2, -0.15) is 0 Å². The largest absolute Gasteiger partial charge is 0.495 e. The second-order valence-electron chi connectivity index (χ2n) is 6.71. The maximum absolute atomic E-state index is 12.6. The fourth-order valence-electron chi connectivity index (χ4n) is 3.14. The van der Waals surface area contributed by atoms with Crippen molar-refractivity contribution in [2.24, 2.45) is 0 Å². The van der Waals surface area contributed by atoms with Crippen LogP contribution < -0.4 is 15.5 Å². The molecule has 0 aliphatic rings. The molecule has 3 aromatic carbocycles. The highest BCUT2D eigenvalue weighted by molar-refractivity contribution is 6.05. The van der Waals surface area contributed by atoms with Gasteiger partial charge in [-0.15, -0.1) is 0 Å². The van der Waals surface area contributed by atoms with Gasteiger partial charge in [0, 0.05) is 17.2 Å². The highest BCUT2D eigenvalue weighted by atomic mass is 16.5. The fraction of sp³-hybridized carbons (Fsp3) is 0.0833. The smallest absolute Gasteiger partial charge is 0.255 e. The zero-order valence-electron chi connectivity index (χ0n) is 16.1. The number of benzene rings is 3. The molecule has 0 bridgehead atoms. The number of hydrogen-bond acceptors (Lipinski definition) is 4. The van der Waals surface area contributed by atoms with E-state index >= 15 is 0 Å². The van der Waals surface area contributed by atoms with Crippen LogP contribution in [0.1, 0.15) is 15.9 Å². The molecule has 5 heteroatoms. The first-order valence-electron chi connectivity index (χ1n) is 9.14. The Morgan fingerprint density at radius 2 is 1.72 bits per heavy atom. The highest BCUT2D eigenvalue weighted by Gasteiger charge is 2.11. The number of anilines is 1. The minimum absolute atomic E-state index is 0.0945. The number of rotatable bonds is 4. The quantitative estimate of drug-likeness (QED) is 0.535.